The lowest BCUT2D eigenvalue weighted by Crippen LogP contribution is -2.47. The first kappa shape index (κ1) is 17.7. The maximum Gasteiger partial charge on any atom is 0.274 e. The van der Waals surface area contributed by atoms with E-state index in [1.54, 1.807) is 6.92 Å². The number of pyridine rings is 1. The number of likely N-dealkylation sites (N-methyl/N-ethyl adjacent to an activating group) is 1. The average molecular weight is 332 g/mol. The number of rotatable bonds is 4. The second-order valence-electron chi connectivity index (χ2n) is 5.58. The Bertz CT molecular complexity index is 542. The number of nitrogens with zero attached hydrogens (tertiary/aromatic N) is 2. The third kappa shape index (κ3) is 5.52. The van der Waals surface area contributed by atoms with E-state index in [2.05, 4.69) is 10.3 Å². The fourth-order valence-corrected chi connectivity index (χ4v) is 2.01. The van der Waals surface area contributed by atoms with Crippen molar-refractivity contribution >= 4 is 35.0 Å². The molecule has 1 aromatic rings. The molecule has 0 radical (unpaired) electrons. The van der Waals surface area contributed by atoms with E-state index in [-0.39, 0.29) is 33.9 Å². The van der Waals surface area contributed by atoms with E-state index >= 15 is 0 Å². The van der Waals surface area contributed by atoms with Gasteiger partial charge in [-0.05, 0) is 39.8 Å². The summed E-state index contributed by atoms with van der Waals surface area (Å²) in [6.45, 7) is 7.70. The molecule has 5 nitrogen and oxygen atoms in total. The Morgan fingerprint density at radius 1 is 1.29 bits per heavy atom. The number of halogens is 2. The lowest BCUT2D eigenvalue weighted by atomic mass is 10.1. The SMILES string of the molecule is CCN(CC(=O)NC(C)(C)C)C(=O)c1nc(Cl)ccc1Cl. The summed E-state index contributed by atoms with van der Waals surface area (Å²) in [4.78, 5) is 29.6. The molecule has 0 fully saturated rings. The topological polar surface area (TPSA) is 62.3 Å². The molecule has 0 bridgehead atoms. The van der Waals surface area contributed by atoms with Gasteiger partial charge >= 0.3 is 0 Å². The van der Waals surface area contributed by atoms with E-state index in [1.807, 2.05) is 20.8 Å². The van der Waals surface area contributed by atoms with E-state index in [0.29, 0.717) is 6.54 Å². The maximum atomic E-state index is 12.4. The standard InChI is InChI=1S/C14H19Cl2N3O2/c1-5-19(8-11(20)18-14(2,3)4)13(21)12-9(15)6-7-10(16)17-12/h6-7H,5,8H2,1-4H3,(H,18,20). The predicted octanol–water partition coefficient (Wildman–Crippen LogP) is 2.77. The van der Waals surface area contributed by atoms with Crippen molar-refractivity contribution in [3.05, 3.63) is 28.0 Å². The quantitative estimate of drug-likeness (QED) is 0.863. The van der Waals surface area contributed by atoms with Gasteiger partial charge in [0.15, 0.2) is 0 Å². The summed E-state index contributed by atoms with van der Waals surface area (Å²) >= 11 is 11.7. The van der Waals surface area contributed by atoms with Crippen molar-refractivity contribution in [3.63, 3.8) is 0 Å². The van der Waals surface area contributed by atoms with Crippen LogP contribution in [0.2, 0.25) is 10.2 Å². The summed E-state index contributed by atoms with van der Waals surface area (Å²) in [5.74, 6) is -0.662. The molecular formula is C14H19Cl2N3O2. The molecule has 1 N–H and O–H groups in total. The summed E-state index contributed by atoms with van der Waals surface area (Å²) in [6, 6.07) is 3.01. The largest absolute Gasteiger partial charge is 0.350 e. The molecule has 0 spiro atoms. The van der Waals surface area contributed by atoms with Gasteiger partial charge in [-0.2, -0.15) is 0 Å². The highest BCUT2D eigenvalue weighted by molar-refractivity contribution is 6.34. The number of amides is 2. The fraction of sp³-hybridized carbons (Fsp3) is 0.500. The second kappa shape index (κ2) is 7.09. The summed E-state index contributed by atoms with van der Waals surface area (Å²) < 4.78 is 0. The smallest absolute Gasteiger partial charge is 0.274 e. The van der Waals surface area contributed by atoms with Crippen LogP contribution in [0.4, 0.5) is 0 Å². The van der Waals surface area contributed by atoms with Gasteiger partial charge in [0.05, 0.1) is 11.6 Å². The van der Waals surface area contributed by atoms with Gasteiger partial charge in [-0.25, -0.2) is 4.98 Å². The van der Waals surface area contributed by atoms with Crippen LogP contribution in [-0.2, 0) is 4.79 Å². The number of carbonyl (C=O) groups is 2. The van der Waals surface area contributed by atoms with Gasteiger partial charge in [-0.15, -0.1) is 0 Å². The van der Waals surface area contributed by atoms with E-state index in [9.17, 15) is 9.59 Å². The van der Waals surface area contributed by atoms with E-state index in [4.69, 9.17) is 23.2 Å². The van der Waals surface area contributed by atoms with Gasteiger partial charge in [0.2, 0.25) is 5.91 Å². The lowest BCUT2D eigenvalue weighted by molar-refractivity contribution is -0.123. The number of hydrogen-bond donors (Lipinski definition) is 1. The first-order valence-corrected chi connectivity index (χ1v) is 7.32. The summed E-state index contributed by atoms with van der Waals surface area (Å²) in [5.41, 5.74) is -0.305. The molecule has 1 heterocycles. The summed E-state index contributed by atoms with van der Waals surface area (Å²) in [6.07, 6.45) is 0. The molecule has 1 rings (SSSR count). The summed E-state index contributed by atoms with van der Waals surface area (Å²) in [7, 11) is 0. The van der Waals surface area contributed by atoms with Crippen molar-refractivity contribution in [2.75, 3.05) is 13.1 Å². The van der Waals surface area contributed by atoms with Crippen molar-refractivity contribution in [2.24, 2.45) is 0 Å². The zero-order valence-electron chi connectivity index (χ0n) is 12.5. The molecular weight excluding hydrogens is 313 g/mol. The van der Waals surface area contributed by atoms with Gasteiger partial charge in [0, 0.05) is 12.1 Å². The molecule has 21 heavy (non-hydrogen) atoms. The Morgan fingerprint density at radius 3 is 2.43 bits per heavy atom. The molecule has 0 aliphatic carbocycles. The van der Waals surface area contributed by atoms with Crippen LogP contribution in [0.5, 0.6) is 0 Å². The zero-order chi connectivity index (χ0) is 16.2. The first-order valence-electron chi connectivity index (χ1n) is 6.56. The van der Waals surface area contributed by atoms with Crippen LogP contribution in [0.15, 0.2) is 12.1 Å². The minimum atomic E-state index is -0.422. The molecule has 0 saturated heterocycles. The van der Waals surface area contributed by atoms with E-state index < -0.39 is 5.91 Å². The van der Waals surface area contributed by atoms with Gasteiger partial charge in [0.1, 0.15) is 10.8 Å². The molecule has 0 atom stereocenters. The second-order valence-corrected chi connectivity index (χ2v) is 6.38. The van der Waals surface area contributed by atoms with Gasteiger partial charge in [0.25, 0.3) is 5.91 Å². The average Bonchev–Trinajstić information content (AvgIpc) is 2.36. The van der Waals surface area contributed by atoms with Crippen LogP contribution >= 0.6 is 23.2 Å². The maximum absolute atomic E-state index is 12.4. The third-order valence-electron chi connectivity index (χ3n) is 2.53. The van der Waals surface area contributed by atoms with Crippen LogP contribution < -0.4 is 5.32 Å². The Labute approximate surface area is 134 Å². The summed E-state index contributed by atoms with van der Waals surface area (Å²) in [5, 5.41) is 3.19. The van der Waals surface area contributed by atoms with Crippen molar-refractivity contribution in [2.45, 2.75) is 33.2 Å². The van der Waals surface area contributed by atoms with Gasteiger partial charge in [-0.3, -0.25) is 9.59 Å². The van der Waals surface area contributed by atoms with Crippen LogP contribution in [0, 0.1) is 0 Å². The molecule has 7 heteroatoms. The Kier molecular flexibility index (Phi) is 5.98. The van der Waals surface area contributed by atoms with E-state index in [0.717, 1.165) is 0 Å². The van der Waals surface area contributed by atoms with Gasteiger partial charge in [-0.1, -0.05) is 23.2 Å². The molecule has 1 aromatic heterocycles. The molecule has 2 amide bonds. The van der Waals surface area contributed by atoms with Crippen LogP contribution in [0.3, 0.4) is 0 Å². The molecule has 0 aliphatic rings. The highest BCUT2D eigenvalue weighted by Gasteiger charge is 2.23. The van der Waals surface area contributed by atoms with E-state index in [1.165, 1.54) is 17.0 Å². The molecule has 0 saturated carbocycles. The zero-order valence-corrected chi connectivity index (χ0v) is 14.0. The normalized spacial score (nSPS) is 11.1. The van der Waals surface area contributed by atoms with Gasteiger partial charge < -0.3 is 10.2 Å². The molecule has 0 aliphatic heterocycles. The Morgan fingerprint density at radius 2 is 1.90 bits per heavy atom. The third-order valence-corrected chi connectivity index (χ3v) is 3.05. The molecule has 116 valence electrons. The Balaban J connectivity index is 2.87. The van der Waals surface area contributed by atoms with Crippen molar-refractivity contribution < 1.29 is 9.59 Å². The number of nitrogens with one attached hydrogen (secondary N) is 1. The minimum absolute atomic E-state index is 0.0505. The van der Waals surface area contributed by atoms with Crippen LogP contribution in [0.1, 0.15) is 38.2 Å². The number of carbonyl (C=O) groups excluding carboxylic acids is 2. The van der Waals surface area contributed by atoms with Crippen LogP contribution in [0.25, 0.3) is 0 Å². The van der Waals surface area contributed by atoms with Crippen molar-refractivity contribution in [1.29, 1.82) is 0 Å². The monoisotopic (exact) mass is 331 g/mol. The highest BCUT2D eigenvalue weighted by atomic mass is 35.5. The number of aromatic nitrogens is 1. The molecule has 0 aromatic carbocycles. The predicted molar refractivity (Wildman–Crippen MR) is 83.7 cm³/mol. The van der Waals surface area contributed by atoms with Crippen molar-refractivity contribution in [3.8, 4) is 0 Å². The lowest BCUT2D eigenvalue weighted by Gasteiger charge is -2.25. The van der Waals surface area contributed by atoms with Crippen LogP contribution in [-0.4, -0.2) is 40.3 Å². The Hall–Kier alpha value is -1.33. The number of hydrogen-bond acceptors (Lipinski definition) is 3. The molecule has 0 unspecified atom stereocenters. The minimum Gasteiger partial charge on any atom is -0.350 e. The first-order chi connectivity index (χ1) is 9.64. The fourth-order valence-electron chi connectivity index (χ4n) is 1.68. The van der Waals surface area contributed by atoms with Crippen molar-refractivity contribution in [1.82, 2.24) is 15.2 Å². The highest BCUT2D eigenvalue weighted by Crippen LogP contribution is 2.18.